The van der Waals surface area contributed by atoms with Gasteiger partial charge >= 0.3 is 0 Å². The van der Waals surface area contributed by atoms with E-state index in [2.05, 4.69) is 22.7 Å². The highest BCUT2D eigenvalue weighted by Crippen LogP contribution is 2.40. The molecule has 0 saturated heterocycles. The molecule has 1 amide bonds. The molecule has 1 aromatic carbocycles. The number of allylic oxidation sites excluding steroid dienone is 2. The first kappa shape index (κ1) is 14.4. The van der Waals surface area contributed by atoms with Crippen LogP contribution in [0.15, 0.2) is 35.5 Å². The molecule has 0 radical (unpaired) electrons. The molecule has 6 heteroatoms. The zero-order valence-electron chi connectivity index (χ0n) is 11.2. The topological polar surface area (TPSA) is 50.7 Å². The predicted octanol–water partition coefficient (Wildman–Crippen LogP) is 3.44. The number of carbonyl (C=O) groups excluding carboxylic acids is 1. The van der Waals surface area contributed by atoms with E-state index in [1.807, 2.05) is 0 Å². The molecule has 1 aromatic rings. The number of nitrogens with one attached hydrogen (secondary N) is 1. The van der Waals surface area contributed by atoms with Gasteiger partial charge < -0.3 is 4.74 Å². The van der Waals surface area contributed by atoms with Gasteiger partial charge in [0, 0.05) is 16.7 Å². The Labute approximate surface area is 132 Å². The average molecular weight is 325 g/mol. The van der Waals surface area contributed by atoms with Crippen LogP contribution in [-0.2, 0) is 4.79 Å². The molecule has 0 bridgehead atoms. The Balaban J connectivity index is 1.47. The van der Waals surface area contributed by atoms with Crippen LogP contribution in [0.2, 0.25) is 10.0 Å². The lowest BCUT2D eigenvalue weighted by Crippen LogP contribution is -2.36. The molecule has 110 valence electrons. The van der Waals surface area contributed by atoms with Crippen molar-refractivity contribution in [2.75, 3.05) is 6.61 Å². The summed E-state index contributed by atoms with van der Waals surface area (Å²) in [4.78, 5) is 11.7. The predicted molar refractivity (Wildman–Crippen MR) is 82.9 cm³/mol. The van der Waals surface area contributed by atoms with E-state index in [0.717, 1.165) is 18.6 Å². The van der Waals surface area contributed by atoms with E-state index >= 15 is 0 Å². The number of hydrazone groups is 1. The second-order valence-electron chi connectivity index (χ2n) is 5.14. The molecule has 21 heavy (non-hydrogen) atoms. The van der Waals surface area contributed by atoms with Crippen LogP contribution in [0.25, 0.3) is 0 Å². The molecule has 0 heterocycles. The van der Waals surface area contributed by atoms with Crippen LogP contribution in [-0.4, -0.2) is 18.2 Å². The first-order valence-electron chi connectivity index (χ1n) is 6.73. The average Bonchev–Trinajstić information content (AvgIpc) is 2.79. The molecule has 0 unspecified atom stereocenters. The molecule has 1 saturated carbocycles. The Morgan fingerprint density at radius 1 is 1.43 bits per heavy atom. The number of fused-ring (bicyclic) bond motifs is 1. The number of carbonyl (C=O) groups is 1. The van der Waals surface area contributed by atoms with Gasteiger partial charge in [0.05, 0.1) is 5.02 Å². The van der Waals surface area contributed by atoms with Crippen molar-refractivity contribution in [2.45, 2.75) is 12.8 Å². The minimum Gasteiger partial charge on any atom is -0.482 e. The van der Waals surface area contributed by atoms with Crippen molar-refractivity contribution in [3.05, 3.63) is 40.4 Å². The third-order valence-corrected chi connectivity index (χ3v) is 4.27. The van der Waals surface area contributed by atoms with Crippen molar-refractivity contribution >= 4 is 34.8 Å². The van der Waals surface area contributed by atoms with E-state index in [9.17, 15) is 4.79 Å². The summed E-state index contributed by atoms with van der Waals surface area (Å²) in [5, 5.41) is 5.06. The molecule has 2 atom stereocenters. The van der Waals surface area contributed by atoms with Crippen LogP contribution in [0.1, 0.15) is 12.8 Å². The molecular weight excluding hydrogens is 311 g/mol. The van der Waals surface area contributed by atoms with Gasteiger partial charge in [-0.2, -0.15) is 5.10 Å². The summed E-state index contributed by atoms with van der Waals surface area (Å²) in [6.07, 6.45) is 6.35. The molecule has 4 nitrogen and oxygen atoms in total. The maximum Gasteiger partial charge on any atom is 0.277 e. The molecule has 1 N–H and O–H groups in total. The number of ether oxygens (including phenoxy) is 1. The molecule has 0 aromatic heterocycles. The molecule has 0 spiro atoms. The summed E-state index contributed by atoms with van der Waals surface area (Å²) >= 11 is 11.7. The van der Waals surface area contributed by atoms with Gasteiger partial charge in [0.2, 0.25) is 0 Å². The summed E-state index contributed by atoms with van der Waals surface area (Å²) in [5.74, 6) is 1.22. The van der Waals surface area contributed by atoms with Crippen molar-refractivity contribution in [2.24, 2.45) is 16.9 Å². The summed E-state index contributed by atoms with van der Waals surface area (Å²) in [5.41, 5.74) is 3.58. The maximum atomic E-state index is 11.7. The SMILES string of the molecule is O=C(COc1ccc(Cl)cc1Cl)N/N=C1/C[C@@H]2C=CC[C@H]12. The molecule has 2 aliphatic carbocycles. The van der Waals surface area contributed by atoms with Gasteiger partial charge in [-0.05, 0) is 37.0 Å². The molecule has 0 aliphatic heterocycles. The van der Waals surface area contributed by atoms with Crippen LogP contribution in [0.3, 0.4) is 0 Å². The number of hydrogen-bond donors (Lipinski definition) is 1. The van der Waals surface area contributed by atoms with E-state index in [-0.39, 0.29) is 12.5 Å². The molecule has 2 aliphatic rings. The van der Waals surface area contributed by atoms with E-state index in [1.54, 1.807) is 18.2 Å². The minimum absolute atomic E-state index is 0.134. The normalized spacial score (nSPS) is 24.6. The zero-order chi connectivity index (χ0) is 14.8. The maximum absolute atomic E-state index is 11.7. The smallest absolute Gasteiger partial charge is 0.277 e. The Morgan fingerprint density at radius 2 is 2.29 bits per heavy atom. The van der Waals surface area contributed by atoms with Crippen LogP contribution in [0.4, 0.5) is 0 Å². The Kier molecular flexibility index (Phi) is 4.17. The quantitative estimate of drug-likeness (QED) is 0.681. The second kappa shape index (κ2) is 6.08. The number of amides is 1. The van der Waals surface area contributed by atoms with E-state index in [4.69, 9.17) is 27.9 Å². The van der Waals surface area contributed by atoms with E-state index < -0.39 is 0 Å². The fourth-order valence-electron chi connectivity index (χ4n) is 2.57. The fraction of sp³-hybridized carbons (Fsp3) is 0.333. The largest absolute Gasteiger partial charge is 0.482 e. The summed E-state index contributed by atoms with van der Waals surface area (Å²) < 4.78 is 5.34. The van der Waals surface area contributed by atoms with Crippen LogP contribution < -0.4 is 10.2 Å². The summed E-state index contributed by atoms with van der Waals surface area (Å²) in [6, 6.07) is 4.85. The third kappa shape index (κ3) is 3.22. The Bertz CT molecular complexity index is 628. The summed E-state index contributed by atoms with van der Waals surface area (Å²) in [7, 11) is 0. The van der Waals surface area contributed by atoms with Gasteiger partial charge in [0.1, 0.15) is 5.75 Å². The van der Waals surface area contributed by atoms with Crippen molar-refractivity contribution in [3.63, 3.8) is 0 Å². The van der Waals surface area contributed by atoms with Crippen LogP contribution in [0, 0.1) is 11.8 Å². The van der Waals surface area contributed by atoms with Crippen molar-refractivity contribution < 1.29 is 9.53 Å². The zero-order valence-corrected chi connectivity index (χ0v) is 12.7. The standard InChI is InChI=1S/C15H14Cl2N2O2/c16-10-4-5-14(12(17)7-10)21-8-15(20)19-18-13-6-9-2-1-3-11(9)13/h1-2,4-5,7,9,11H,3,6,8H2,(H,19,20)/b18-13-/t9-,11-/m0/s1. The third-order valence-electron chi connectivity index (χ3n) is 3.74. The number of hydrogen-bond acceptors (Lipinski definition) is 3. The Hall–Kier alpha value is -1.52. The van der Waals surface area contributed by atoms with Gasteiger partial charge in [-0.1, -0.05) is 35.4 Å². The van der Waals surface area contributed by atoms with Crippen LogP contribution >= 0.6 is 23.2 Å². The molecule has 3 rings (SSSR count). The van der Waals surface area contributed by atoms with E-state index in [1.165, 1.54) is 0 Å². The highest BCUT2D eigenvalue weighted by Gasteiger charge is 2.37. The summed E-state index contributed by atoms with van der Waals surface area (Å²) in [6.45, 7) is -0.134. The van der Waals surface area contributed by atoms with Gasteiger partial charge in [0.25, 0.3) is 5.91 Å². The van der Waals surface area contributed by atoms with Crippen molar-refractivity contribution in [1.82, 2.24) is 5.43 Å². The first-order chi connectivity index (χ1) is 10.1. The monoisotopic (exact) mass is 324 g/mol. The van der Waals surface area contributed by atoms with Gasteiger partial charge in [-0.3, -0.25) is 4.79 Å². The van der Waals surface area contributed by atoms with Gasteiger partial charge in [-0.15, -0.1) is 0 Å². The Morgan fingerprint density at radius 3 is 3.05 bits per heavy atom. The lowest BCUT2D eigenvalue weighted by molar-refractivity contribution is -0.123. The number of halogens is 2. The van der Waals surface area contributed by atoms with Gasteiger partial charge in [0.15, 0.2) is 6.61 Å². The van der Waals surface area contributed by atoms with Gasteiger partial charge in [-0.25, -0.2) is 5.43 Å². The minimum atomic E-state index is -0.303. The fourth-order valence-corrected chi connectivity index (χ4v) is 3.03. The number of rotatable bonds is 4. The van der Waals surface area contributed by atoms with E-state index in [0.29, 0.717) is 27.6 Å². The van der Waals surface area contributed by atoms with Crippen LogP contribution in [0.5, 0.6) is 5.75 Å². The number of benzene rings is 1. The second-order valence-corrected chi connectivity index (χ2v) is 5.98. The lowest BCUT2D eigenvalue weighted by Gasteiger charge is -2.31. The highest BCUT2D eigenvalue weighted by atomic mass is 35.5. The lowest BCUT2D eigenvalue weighted by atomic mass is 9.74. The number of nitrogens with zero attached hydrogens (tertiary/aromatic N) is 1. The first-order valence-corrected chi connectivity index (χ1v) is 7.49. The van der Waals surface area contributed by atoms with Crippen molar-refractivity contribution in [3.8, 4) is 5.75 Å². The highest BCUT2D eigenvalue weighted by molar-refractivity contribution is 6.35. The van der Waals surface area contributed by atoms with Crippen molar-refractivity contribution in [1.29, 1.82) is 0 Å². The molecular formula is C15H14Cl2N2O2. The molecule has 1 fully saturated rings.